The van der Waals surface area contributed by atoms with Crippen LogP contribution < -0.4 is 5.32 Å². The highest BCUT2D eigenvalue weighted by Crippen LogP contribution is 2.18. The first-order valence-electron chi connectivity index (χ1n) is 7.48. The summed E-state index contributed by atoms with van der Waals surface area (Å²) in [6, 6.07) is 16.7. The molecule has 112 valence electrons. The molecule has 3 aromatic rings. The van der Waals surface area contributed by atoms with Crippen molar-refractivity contribution < 1.29 is 0 Å². The Balaban J connectivity index is 1.65. The van der Waals surface area contributed by atoms with Crippen molar-refractivity contribution >= 4 is 5.82 Å². The molecule has 3 rings (SSSR count). The van der Waals surface area contributed by atoms with Gasteiger partial charge in [-0.2, -0.15) is 5.10 Å². The minimum absolute atomic E-state index is 0.217. The second-order valence-electron chi connectivity index (χ2n) is 5.45. The minimum Gasteiger partial charge on any atom is -0.363 e. The first-order chi connectivity index (χ1) is 10.7. The van der Waals surface area contributed by atoms with E-state index in [4.69, 9.17) is 0 Å². The van der Waals surface area contributed by atoms with Crippen LogP contribution in [0.3, 0.4) is 0 Å². The number of anilines is 1. The fourth-order valence-corrected chi connectivity index (χ4v) is 2.32. The molecule has 1 atom stereocenters. The van der Waals surface area contributed by atoms with Gasteiger partial charge in [0.25, 0.3) is 0 Å². The van der Waals surface area contributed by atoms with Crippen LogP contribution in [0.1, 0.15) is 29.8 Å². The molecule has 0 aliphatic heterocycles. The number of pyridine rings is 1. The van der Waals surface area contributed by atoms with Crippen LogP contribution in [0.25, 0.3) is 0 Å². The second kappa shape index (κ2) is 6.43. The van der Waals surface area contributed by atoms with E-state index in [0.717, 1.165) is 11.5 Å². The van der Waals surface area contributed by atoms with E-state index in [-0.39, 0.29) is 6.04 Å². The average Bonchev–Trinajstić information content (AvgIpc) is 3.03. The molecule has 0 aliphatic rings. The second-order valence-corrected chi connectivity index (χ2v) is 5.45. The lowest BCUT2D eigenvalue weighted by Crippen LogP contribution is -2.08. The topological polar surface area (TPSA) is 42.7 Å². The lowest BCUT2D eigenvalue weighted by atomic mass is 10.1. The summed E-state index contributed by atoms with van der Waals surface area (Å²) in [6.07, 6.45) is 3.88. The molecule has 1 aromatic carbocycles. The minimum atomic E-state index is 0.217. The summed E-state index contributed by atoms with van der Waals surface area (Å²) in [5.74, 6) is 0.866. The summed E-state index contributed by atoms with van der Waals surface area (Å²) in [5.41, 5.74) is 3.43. The van der Waals surface area contributed by atoms with Crippen LogP contribution in [0, 0.1) is 6.92 Å². The summed E-state index contributed by atoms with van der Waals surface area (Å²) in [7, 11) is 0. The van der Waals surface area contributed by atoms with Crippen LogP contribution >= 0.6 is 0 Å². The molecular weight excluding hydrogens is 272 g/mol. The van der Waals surface area contributed by atoms with Crippen LogP contribution in [-0.4, -0.2) is 14.8 Å². The molecule has 0 spiro atoms. The van der Waals surface area contributed by atoms with Gasteiger partial charge in [0.05, 0.1) is 18.3 Å². The smallest absolute Gasteiger partial charge is 0.148 e. The third-order valence-corrected chi connectivity index (χ3v) is 3.71. The number of aromatic nitrogens is 3. The molecule has 0 fully saturated rings. The molecule has 1 N–H and O–H groups in total. The highest BCUT2D eigenvalue weighted by atomic mass is 15.3. The summed E-state index contributed by atoms with van der Waals surface area (Å²) in [6.45, 7) is 4.86. The molecule has 22 heavy (non-hydrogen) atoms. The van der Waals surface area contributed by atoms with Crippen molar-refractivity contribution in [1.82, 2.24) is 14.8 Å². The maximum atomic E-state index is 4.60. The predicted molar refractivity (Wildman–Crippen MR) is 88.8 cm³/mol. The van der Waals surface area contributed by atoms with Gasteiger partial charge in [0.15, 0.2) is 0 Å². The largest absolute Gasteiger partial charge is 0.363 e. The van der Waals surface area contributed by atoms with Gasteiger partial charge in [-0.3, -0.25) is 9.67 Å². The monoisotopic (exact) mass is 292 g/mol. The van der Waals surface area contributed by atoms with Crippen molar-refractivity contribution in [2.75, 3.05) is 5.32 Å². The van der Waals surface area contributed by atoms with Gasteiger partial charge in [-0.05, 0) is 31.0 Å². The summed E-state index contributed by atoms with van der Waals surface area (Å²) in [4.78, 5) is 4.39. The van der Waals surface area contributed by atoms with E-state index < -0.39 is 0 Å². The van der Waals surface area contributed by atoms with Crippen molar-refractivity contribution in [2.45, 2.75) is 26.4 Å². The molecule has 0 saturated carbocycles. The van der Waals surface area contributed by atoms with E-state index in [2.05, 4.69) is 52.7 Å². The fraction of sp³-hybridized carbons (Fsp3) is 0.222. The van der Waals surface area contributed by atoms with Gasteiger partial charge in [0.2, 0.25) is 0 Å². The van der Waals surface area contributed by atoms with Gasteiger partial charge >= 0.3 is 0 Å². The summed E-state index contributed by atoms with van der Waals surface area (Å²) in [5, 5.41) is 7.91. The Kier molecular flexibility index (Phi) is 4.19. The van der Waals surface area contributed by atoms with E-state index in [1.54, 1.807) is 0 Å². The van der Waals surface area contributed by atoms with Crippen LogP contribution in [0.15, 0.2) is 60.9 Å². The van der Waals surface area contributed by atoms with Gasteiger partial charge in [-0.1, -0.05) is 36.4 Å². The third kappa shape index (κ3) is 3.34. The number of nitrogens with zero attached hydrogens (tertiary/aromatic N) is 3. The maximum absolute atomic E-state index is 4.60. The van der Waals surface area contributed by atoms with Gasteiger partial charge in [0.1, 0.15) is 5.82 Å². The highest BCUT2D eigenvalue weighted by molar-refractivity contribution is 5.34. The summed E-state index contributed by atoms with van der Waals surface area (Å²) >= 11 is 0. The molecule has 2 heterocycles. The zero-order valence-corrected chi connectivity index (χ0v) is 12.9. The van der Waals surface area contributed by atoms with Gasteiger partial charge in [-0.15, -0.1) is 0 Å². The molecule has 0 saturated heterocycles. The van der Waals surface area contributed by atoms with Crippen LogP contribution in [-0.2, 0) is 6.54 Å². The predicted octanol–water partition coefficient (Wildman–Crippen LogP) is 3.81. The molecule has 4 heteroatoms. The Morgan fingerprint density at radius 3 is 2.64 bits per heavy atom. The quantitative estimate of drug-likeness (QED) is 0.777. The molecule has 0 aliphatic carbocycles. The Hall–Kier alpha value is -2.62. The molecule has 0 amide bonds. The van der Waals surface area contributed by atoms with E-state index >= 15 is 0 Å². The third-order valence-electron chi connectivity index (χ3n) is 3.71. The van der Waals surface area contributed by atoms with Crippen LogP contribution in [0.5, 0.6) is 0 Å². The van der Waals surface area contributed by atoms with Crippen LogP contribution in [0.4, 0.5) is 5.82 Å². The zero-order valence-electron chi connectivity index (χ0n) is 12.9. The van der Waals surface area contributed by atoms with Gasteiger partial charge < -0.3 is 5.32 Å². The lowest BCUT2D eigenvalue weighted by Gasteiger charge is -2.12. The average molecular weight is 292 g/mol. The number of nitrogens with one attached hydrogen (secondary N) is 1. The standard InChI is InChI=1S/C18H20N4/c1-14-8-9-17(19-12-14)13-20-18-10-11-22(21-18)15(2)16-6-4-3-5-7-16/h3-12,15H,13H2,1-2H3,(H,20,21). The number of hydrogen-bond acceptors (Lipinski definition) is 3. The van der Waals surface area contributed by atoms with Crippen LogP contribution in [0.2, 0.25) is 0 Å². The molecule has 4 nitrogen and oxygen atoms in total. The van der Waals surface area contributed by atoms with Crippen molar-refractivity contribution in [3.05, 3.63) is 77.7 Å². The van der Waals surface area contributed by atoms with Gasteiger partial charge in [-0.25, -0.2) is 0 Å². The number of aryl methyl sites for hydroxylation is 1. The first-order valence-corrected chi connectivity index (χ1v) is 7.48. The zero-order chi connectivity index (χ0) is 15.4. The lowest BCUT2D eigenvalue weighted by molar-refractivity contribution is 0.566. The molecular formula is C18H20N4. The number of benzene rings is 1. The van der Waals surface area contributed by atoms with Crippen molar-refractivity contribution in [3.8, 4) is 0 Å². The van der Waals surface area contributed by atoms with E-state index in [1.807, 2.05) is 42.2 Å². The number of rotatable bonds is 5. The molecule has 1 unspecified atom stereocenters. The molecule has 0 bridgehead atoms. The van der Waals surface area contributed by atoms with E-state index in [0.29, 0.717) is 6.54 Å². The SMILES string of the molecule is Cc1ccc(CNc2ccn(C(C)c3ccccc3)n2)nc1. The maximum Gasteiger partial charge on any atom is 0.148 e. The Bertz CT molecular complexity index is 716. The first kappa shape index (κ1) is 14.3. The normalized spacial score (nSPS) is 12.1. The molecule has 0 radical (unpaired) electrons. The van der Waals surface area contributed by atoms with Crippen molar-refractivity contribution in [1.29, 1.82) is 0 Å². The van der Waals surface area contributed by atoms with Gasteiger partial charge in [0, 0.05) is 18.5 Å². The highest BCUT2D eigenvalue weighted by Gasteiger charge is 2.08. The van der Waals surface area contributed by atoms with E-state index in [9.17, 15) is 0 Å². The summed E-state index contributed by atoms with van der Waals surface area (Å²) < 4.78 is 1.97. The van der Waals surface area contributed by atoms with Crippen molar-refractivity contribution in [2.24, 2.45) is 0 Å². The Morgan fingerprint density at radius 2 is 1.91 bits per heavy atom. The van der Waals surface area contributed by atoms with E-state index in [1.165, 1.54) is 11.1 Å². The fourth-order valence-electron chi connectivity index (χ4n) is 2.32. The number of hydrogen-bond donors (Lipinski definition) is 1. The Labute approximate surface area is 130 Å². The molecule has 2 aromatic heterocycles. The Morgan fingerprint density at radius 1 is 1.09 bits per heavy atom. The van der Waals surface area contributed by atoms with Crippen molar-refractivity contribution in [3.63, 3.8) is 0 Å².